The minimum absolute atomic E-state index is 0.0199. The molecule has 170 valence electrons. The van der Waals surface area contributed by atoms with E-state index in [1.54, 1.807) is 4.90 Å². The summed E-state index contributed by atoms with van der Waals surface area (Å²) in [6, 6.07) is 1.94. The number of hydrogen-bond donors (Lipinski definition) is 0. The maximum atomic E-state index is 15.6. The topological polar surface area (TPSA) is 62.2 Å². The number of fused-ring (bicyclic) bond motifs is 1. The number of rotatable bonds is 5. The first-order valence-electron chi connectivity index (χ1n) is 10.8. The van der Waals surface area contributed by atoms with Crippen LogP contribution in [0.1, 0.15) is 30.7 Å². The van der Waals surface area contributed by atoms with Crippen molar-refractivity contribution in [2.24, 2.45) is 0 Å². The van der Waals surface area contributed by atoms with E-state index in [1.165, 1.54) is 18.6 Å². The van der Waals surface area contributed by atoms with E-state index in [1.807, 2.05) is 11.9 Å². The van der Waals surface area contributed by atoms with Crippen LogP contribution in [0, 0.1) is 17.5 Å². The number of likely N-dealkylation sites (N-methyl/N-ethyl adjacent to an activating group) is 1. The van der Waals surface area contributed by atoms with Gasteiger partial charge in [0, 0.05) is 49.6 Å². The van der Waals surface area contributed by atoms with Gasteiger partial charge in [-0.05, 0) is 37.3 Å². The zero-order chi connectivity index (χ0) is 23.3. The van der Waals surface area contributed by atoms with Gasteiger partial charge < -0.3 is 9.80 Å². The minimum atomic E-state index is -0.781. The second-order valence-corrected chi connectivity index (χ2v) is 8.55. The molecule has 0 radical (unpaired) electrons. The molecule has 2 aliphatic rings. The normalized spacial score (nSPS) is 18.1. The predicted molar refractivity (Wildman–Crippen MR) is 118 cm³/mol. The number of pyridine rings is 1. The van der Waals surface area contributed by atoms with E-state index in [9.17, 15) is 13.6 Å². The van der Waals surface area contributed by atoms with Crippen LogP contribution in [-0.2, 0) is 4.79 Å². The van der Waals surface area contributed by atoms with Crippen LogP contribution in [0.3, 0.4) is 0 Å². The van der Waals surface area contributed by atoms with Gasteiger partial charge in [-0.25, -0.2) is 23.1 Å². The van der Waals surface area contributed by atoms with Crippen molar-refractivity contribution in [2.45, 2.75) is 31.2 Å². The highest BCUT2D eigenvalue weighted by Gasteiger charge is 2.33. The second-order valence-electron chi connectivity index (χ2n) is 8.55. The molecule has 3 heterocycles. The zero-order valence-corrected chi connectivity index (χ0v) is 18.1. The average Bonchev–Trinajstić information content (AvgIpc) is 3.51. The smallest absolute Gasteiger partial charge is 0.246 e. The zero-order valence-electron chi connectivity index (χ0n) is 18.1. The summed E-state index contributed by atoms with van der Waals surface area (Å²) in [4.78, 5) is 28.2. The molecule has 1 aliphatic heterocycles. The monoisotopic (exact) mass is 453 g/mol. The van der Waals surface area contributed by atoms with Crippen molar-refractivity contribution in [3.05, 3.63) is 60.3 Å². The molecule has 0 spiro atoms. The molecule has 1 atom stereocenters. The predicted octanol–water partition coefficient (Wildman–Crippen LogP) is 4.21. The van der Waals surface area contributed by atoms with E-state index in [0.29, 0.717) is 29.9 Å². The lowest BCUT2D eigenvalue weighted by atomic mass is 9.98. The summed E-state index contributed by atoms with van der Waals surface area (Å²) in [6.07, 6.45) is 6.26. The summed E-state index contributed by atoms with van der Waals surface area (Å²) in [5.41, 5.74) is 0.322. The van der Waals surface area contributed by atoms with E-state index in [-0.39, 0.29) is 34.6 Å². The first-order valence-corrected chi connectivity index (χ1v) is 10.8. The van der Waals surface area contributed by atoms with Crippen molar-refractivity contribution in [3.63, 3.8) is 0 Å². The van der Waals surface area contributed by atoms with Gasteiger partial charge >= 0.3 is 0 Å². The SMILES string of the molecule is C=CC(=O)N1CC[C@@H](N(C)c2ncnc3c(F)c(-c4cc(F)cc(F)c4C4CC4)ncc23)C1. The van der Waals surface area contributed by atoms with Crippen LogP contribution in [0.5, 0.6) is 0 Å². The molecule has 1 amide bonds. The van der Waals surface area contributed by atoms with Crippen molar-refractivity contribution in [2.75, 3.05) is 25.0 Å². The summed E-state index contributed by atoms with van der Waals surface area (Å²) >= 11 is 0. The summed E-state index contributed by atoms with van der Waals surface area (Å²) in [5, 5.41) is 0.389. The molecule has 3 aromatic rings. The van der Waals surface area contributed by atoms with Crippen LogP contribution in [0.4, 0.5) is 19.0 Å². The Kier molecular flexibility index (Phi) is 5.26. The third-order valence-electron chi connectivity index (χ3n) is 6.47. The Bertz CT molecular complexity index is 1280. The van der Waals surface area contributed by atoms with E-state index in [4.69, 9.17) is 0 Å². The molecule has 6 nitrogen and oxygen atoms in total. The first-order chi connectivity index (χ1) is 15.9. The number of nitrogens with zero attached hydrogens (tertiary/aromatic N) is 5. The Morgan fingerprint density at radius 2 is 1.97 bits per heavy atom. The number of aromatic nitrogens is 3. The van der Waals surface area contributed by atoms with E-state index >= 15 is 4.39 Å². The summed E-state index contributed by atoms with van der Waals surface area (Å²) in [6.45, 7) is 4.61. The Morgan fingerprint density at radius 1 is 1.18 bits per heavy atom. The number of carbonyl (C=O) groups is 1. The summed E-state index contributed by atoms with van der Waals surface area (Å²) in [7, 11) is 1.83. The Hall–Kier alpha value is -3.49. The lowest BCUT2D eigenvalue weighted by molar-refractivity contribution is -0.125. The van der Waals surface area contributed by atoms with Gasteiger partial charge in [-0.15, -0.1) is 0 Å². The van der Waals surface area contributed by atoms with Crippen molar-refractivity contribution in [3.8, 4) is 11.3 Å². The lowest BCUT2D eigenvalue weighted by Crippen LogP contribution is -2.36. The third-order valence-corrected chi connectivity index (χ3v) is 6.47. The van der Waals surface area contributed by atoms with Crippen molar-refractivity contribution in [1.29, 1.82) is 0 Å². The second kappa shape index (κ2) is 8.13. The Balaban J connectivity index is 1.55. The molecule has 1 aliphatic carbocycles. The fourth-order valence-corrected chi connectivity index (χ4v) is 4.57. The van der Waals surface area contributed by atoms with Crippen molar-refractivity contribution in [1.82, 2.24) is 19.9 Å². The quantitative estimate of drug-likeness (QED) is 0.542. The molecule has 2 fully saturated rings. The average molecular weight is 453 g/mol. The highest BCUT2D eigenvalue weighted by Crippen LogP contribution is 2.46. The molecule has 1 saturated heterocycles. The van der Waals surface area contributed by atoms with E-state index in [0.717, 1.165) is 31.4 Å². The van der Waals surface area contributed by atoms with Gasteiger partial charge in [0.05, 0.1) is 5.39 Å². The molecule has 0 N–H and O–H groups in total. The van der Waals surface area contributed by atoms with Crippen LogP contribution in [-0.4, -0.2) is 51.9 Å². The van der Waals surface area contributed by atoms with E-state index in [2.05, 4.69) is 21.5 Å². The molecule has 33 heavy (non-hydrogen) atoms. The van der Waals surface area contributed by atoms with Gasteiger partial charge in [-0.3, -0.25) is 9.78 Å². The molecule has 2 aromatic heterocycles. The van der Waals surface area contributed by atoms with Crippen molar-refractivity contribution < 1.29 is 18.0 Å². The molecule has 0 bridgehead atoms. The van der Waals surface area contributed by atoms with Gasteiger partial charge in [-0.1, -0.05) is 6.58 Å². The number of carbonyl (C=O) groups excluding carboxylic acids is 1. The maximum absolute atomic E-state index is 15.6. The molecule has 5 rings (SSSR count). The minimum Gasteiger partial charge on any atom is -0.354 e. The van der Waals surface area contributed by atoms with Gasteiger partial charge in [0.1, 0.15) is 35.0 Å². The Morgan fingerprint density at radius 3 is 2.70 bits per heavy atom. The highest BCUT2D eigenvalue weighted by molar-refractivity contribution is 5.92. The maximum Gasteiger partial charge on any atom is 0.246 e. The number of amides is 1. The van der Waals surface area contributed by atoms with Gasteiger partial charge in [0.2, 0.25) is 5.91 Å². The summed E-state index contributed by atoms with van der Waals surface area (Å²) < 4.78 is 44.2. The lowest BCUT2D eigenvalue weighted by Gasteiger charge is -2.26. The van der Waals surface area contributed by atoms with Crippen LogP contribution < -0.4 is 4.90 Å². The number of halogens is 3. The largest absolute Gasteiger partial charge is 0.354 e. The molecular formula is C24H22F3N5O. The first kappa shape index (κ1) is 21.4. The van der Waals surface area contributed by atoms with Gasteiger partial charge in [-0.2, -0.15) is 0 Å². The molecule has 0 unspecified atom stereocenters. The van der Waals surface area contributed by atoms with Gasteiger partial charge in [0.15, 0.2) is 5.82 Å². The van der Waals surface area contributed by atoms with Crippen molar-refractivity contribution >= 4 is 22.6 Å². The molecule has 1 saturated carbocycles. The van der Waals surface area contributed by atoms with Crippen LogP contribution in [0.2, 0.25) is 0 Å². The number of anilines is 1. The van der Waals surface area contributed by atoms with E-state index < -0.39 is 17.5 Å². The highest BCUT2D eigenvalue weighted by atomic mass is 19.1. The van der Waals surface area contributed by atoms with Crippen LogP contribution >= 0.6 is 0 Å². The molecule has 1 aromatic carbocycles. The van der Waals surface area contributed by atoms with Crippen LogP contribution in [0.15, 0.2) is 37.3 Å². The number of hydrogen-bond acceptors (Lipinski definition) is 5. The fourth-order valence-electron chi connectivity index (χ4n) is 4.57. The van der Waals surface area contributed by atoms with Crippen LogP contribution in [0.25, 0.3) is 22.2 Å². The number of benzene rings is 1. The molecular weight excluding hydrogens is 431 g/mol. The third kappa shape index (κ3) is 3.71. The number of likely N-dealkylation sites (tertiary alicyclic amines) is 1. The Labute approximate surface area is 188 Å². The fraction of sp³-hybridized carbons (Fsp3) is 0.333. The standard InChI is InChI=1S/C24H22F3N5O/c1-3-19(33)32-7-6-15(11-32)31(2)24-17-10-28-22(21(27)23(17)29-12-30-24)16-8-14(25)9-18(26)20(16)13-4-5-13/h3,8-10,12-13,15H,1,4-7,11H2,2H3/t15-/m1/s1. The molecule has 9 heteroatoms. The summed E-state index contributed by atoms with van der Waals surface area (Å²) in [5.74, 6) is -1.93. The van der Waals surface area contributed by atoms with Gasteiger partial charge in [0.25, 0.3) is 0 Å².